The summed E-state index contributed by atoms with van der Waals surface area (Å²) in [7, 11) is 0. The van der Waals surface area contributed by atoms with Crippen molar-refractivity contribution in [3.63, 3.8) is 0 Å². The van der Waals surface area contributed by atoms with E-state index in [2.05, 4.69) is 12.1 Å². The van der Waals surface area contributed by atoms with Gasteiger partial charge in [-0.05, 0) is 17.9 Å². The molecular weight excluding hydrogens is 172 g/mol. The van der Waals surface area contributed by atoms with Gasteiger partial charge in [0.1, 0.15) is 0 Å². The maximum absolute atomic E-state index is 9.55. The Balaban J connectivity index is 2.42. The second-order valence-electron chi connectivity index (χ2n) is 3.86. The van der Waals surface area contributed by atoms with Crippen LogP contribution in [-0.2, 0) is 0 Å². The Bertz CT molecular complexity index is 275. The van der Waals surface area contributed by atoms with Crippen LogP contribution in [0.1, 0.15) is 25.8 Å². The molecule has 1 atom stereocenters. The molecule has 1 nitrogen and oxygen atoms in total. The molecule has 1 heteroatoms. The van der Waals surface area contributed by atoms with Crippen LogP contribution < -0.4 is 0 Å². The highest BCUT2D eigenvalue weighted by molar-refractivity contribution is 5.48. The largest absolute Gasteiger partial charge is 0.393 e. The summed E-state index contributed by atoms with van der Waals surface area (Å²) in [6.45, 7) is 4.06. The van der Waals surface area contributed by atoms with E-state index in [0.29, 0.717) is 5.92 Å². The first-order valence-electron chi connectivity index (χ1n) is 5.10. The predicted molar refractivity (Wildman–Crippen MR) is 60.9 cm³/mol. The van der Waals surface area contributed by atoms with E-state index in [9.17, 15) is 5.11 Å². The van der Waals surface area contributed by atoms with E-state index < -0.39 is 0 Å². The highest BCUT2D eigenvalue weighted by atomic mass is 16.3. The second kappa shape index (κ2) is 5.61. The van der Waals surface area contributed by atoms with Crippen LogP contribution in [0.3, 0.4) is 0 Å². The van der Waals surface area contributed by atoms with Crippen molar-refractivity contribution in [3.05, 3.63) is 42.0 Å². The van der Waals surface area contributed by atoms with E-state index >= 15 is 0 Å². The minimum Gasteiger partial charge on any atom is -0.393 e. The normalized spacial score (nSPS) is 13.7. The first-order chi connectivity index (χ1) is 6.70. The Morgan fingerprint density at radius 1 is 1.21 bits per heavy atom. The van der Waals surface area contributed by atoms with Crippen LogP contribution in [-0.4, -0.2) is 11.2 Å². The van der Waals surface area contributed by atoms with Gasteiger partial charge < -0.3 is 5.11 Å². The molecule has 0 aliphatic carbocycles. The molecule has 14 heavy (non-hydrogen) atoms. The Kier molecular flexibility index (Phi) is 4.41. The van der Waals surface area contributed by atoms with E-state index in [1.807, 2.05) is 44.2 Å². The molecule has 0 heterocycles. The molecule has 0 fully saturated rings. The van der Waals surface area contributed by atoms with Crippen LogP contribution in [0.15, 0.2) is 36.4 Å². The van der Waals surface area contributed by atoms with Crippen LogP contribution in [0.5, 0.6) is 0 Å². The molecule has 0 spiro atoms. The van der Waals surface area contributed by atoms with Gasteiger partial charge in [-0.2, -0.15) is 0 Å². The molecule has 0 bridgehead atoms. The van der Waals surface area contributed by atoms with Gasteiger partial charge in [0, 0.05) is 0 Å². The van der Waals surface area contributed by atoms with Crippen molar-refractivity contribution in [1.82, 2.24) is 0 Å². The molecule has 1 N–H and O–H groups in total. The van der Waals surface area contributed by atoms with Gasteiger partial charge in [-0.15, -0.1) is 0 Å². The average molecular weight is 190 g/mol. The van der Waals surface area contributed by atoms with Gasteiger partial charge in [-0.1, -0.05) is 56.3 Å². The van der Waals surface area contributed by atoms with Crippen molar-refractivity contribution in [2.45, 2.75) is 26.4 Å². The lowest BCUT2D eigenvalue weighted by molar-refractivity contribution is 0.128. The molecule has 0 saturated heterocycles. The third-order valence-corrected chi connectivity index (χ3v) is 2.26. The molecule has 0 aromatic heterocycles. The molecule has 1 aromatic rings. The fourth-order valence-electron chi connectivity index (χ4n) is 1.18. The van der Waals surface area contributed by atoms with E-state index in [0.717, 1.165) is 6.42 Å². The molecule has 0 aliphatic heterocycles. The SMILES string of the molecule is CC(C)[C@@H](O)C/C=C/c1ccccc1. The summed E-state index contributed by atoms with van der Waals surface area (Å²) in [5.41, 5.74) is 1.18. The van der Waals surface area contributed by atoms with Gasteiger partial charge in [-0.3, -0.25) is 0 Å². The summed E-state index contributed by atoms with van der Waals surface area (Å²) in [4.78, 5) is 0. The van der Waals surface area contributed by atoms with Gasteiger partial charge >= 0.3 is 0 Å². The molecule has 0 radical (unpaired) electrons. The van der Waals surface area contributed by atoms with Crippen LogP contribution >= 0.6 is 0 Å². The van der Waals surface area contributed by atoms with Crippen molar-refractivity contribution in [2.24, 2.45) is 5.92 Å². The van der Waals surface area contributed by atoms with E-state index in [1.54, 1.807) is 0 Å². The third-order valence-electron chi connectivity index (χ3n) is 2.26. The van der Waals surface area contributed by atoms with Crippen molar-refractivity contribution in [3.8, 4) is 0 Å². The molecular formula is C13H18O. The van der Waals surface area contributed by atoms with Crippen LogP contribution in [0.2, 0.25) is 0 Å². The monoisotopic (exact) mass is 190 g/mol. The number of benzene rings is 1. The van der Waals surface area contributed by atoms with Crippen molar-refractivity contribution >= 4 is 6.08 Å². The van der Waals surface area contributed by atoms with Crippen LogP contribution in [0.4, 0.5) is 0 Å². The Hall–Kier alpha value is -1.08. The molecule has 0 amide bonds. The Morgan fingerprint density at radius 2 is 1.86 bits per heavy atom. The van der Waals surface area contributed by atoms with Gasteiger partial charge in [0.05, 0.1) is 6.10 Å². The predicted octanol–water partition coefficient (Wildman–Crippen LogP) is 3.11. The fraction of sp³-hybridized carbons (Fsp3) is 0.385. The molecule has 76 valence electrons. The lowest BCUT2D eigenvalue weighted by Crippen LogP contribution is -2.12. The van der Waals surface area contributed by atoms with Crippen LogP contribution in [0, 0.1) is 5.92 Å². The highest BCUT2D eigenvalue weighted by Gasteiger charge is 2.05. The highest BCUT2D eigenvalue weighted by Crippen LogP contribution is 2.08. The van der Waals surface area contributed by atoms with E-state index in [-0.39, 0.29) is 6.10 Å². The molecule has 1 aromatic carbocycles. The number of hydrogen-bond acceptors (Lipinski definition) is 1. The minimum absolute atomic E-state index is 0.227. The Morgan fingerprint density at radius 3 is 2.43 bits per heavy atom. The quantitative estimate of drug-likeness (QED) is 0.773. The number of hydrogen-bond donors (Lipinski definition) is 1. The molecule has 0 saturated carbocycles. The topological polar surface area (TPSA) is 20.2 Å². The Labute approximate surface area is 86.1 Å². The zero-order valence-electron chi connectivity index (χ0n) is 8.85. The van der Waals surface area contributed by atoms with Crippen molar-refractivity contribution in [1.29, 1.82) is 0 Å². The molecule has 0 unspecified atom stereocenters. The van der Waals surface area contributed by atoms with Gasteiger partial charge in [0.2, 0.25) is 0 Å². The second-order valence-corrected chi connectivity index (χ2v) is 3.86. The van der Waals surface area contributed by atoms with Gasteiger partial charge in [0.15, 0.2) is 0 Å². The van der Waals surface area contributed by atoms with Crippen molar-refractivity contribution in [2.75, 3.05) is 0 Å². The first kappa shape index (κ1) is 11.0. The van der Waals surface area contributed by atoms with Crippen LogP contribution in [0.25, 0.3) is 6.08 Å². The standard InChI is InChI=1S/C13H18O/c1-11(2)13(14)10-6-9-12-7-4-3-5-8-12/h3-9,11,13-14H,10H2,1-2H3/b9-6+/t13-/m0/s1. The van der Waals surface area contributed by atoms with Crippen molar-refractivity contribution < 1.29 is 5.11 Å². The average Bonchev–Trinajstić information content (AvgIpc) is 2.19. The van der Waals surface area contributed by atoms with E-state index in [1.165, 1.54) is 5.56 Å². The zero-order valence-corrected chi connectivity index (χ0v) is 8.85. The summed E-state index contributed by atoms with van der Waals surface area (Å²) >= 11 is 0. The maximum Gasteiger partial charge on any atom is 0.0597 e. The maximum atomic E-state index is 9.55. The van der Waals surface area contributed by atoms with E-state index in [4.69, 9.17) is 0 Å². The molecule has 1 rings (SSSR count). The third kappa shape index (κ3) is 3.75. The first-order valence-corrected chi connectivity index (χ1v) is 5.10. The number of rotatable bonds is 4. The number of aliphatic hydroxyl groups excluding tert-OH is 1. The molecule has 0 aliphatic rings. The summed E-state index contributed by atoms with van der Waals surface area (Å²) in [5, 5.41) is 9.55. The summed E-state index contributed by atoms with van der Waals surface area (Å²) in [6.07, 6.45) is 4.58. The summed E-state index contributed by atoms with van der Waals surface area (Å²) in [5.74, 6) is 0.329. The summed E-state index contributed by atoms with van der Waals surface area (Å²) < 4.78 is 0. The van der Waals surface area contributed by atoms with Gasteiger partial charge in [-0.25, -0.2) is 0 Å². The number of aliphatic hydroxyl groups is 1. The fourth-order valence-corrected chi connectivity index (χ4v) is 1.18. The minimum atomic E-state index is -0.227. The summed E-state index contributed by atoms with van der Waals surface area (Å²) in [6, 6.07) is 10.1. The lowest BCUT2D eigenvalue weighted by atomic mass is 10.0. The smallest absolute Gasteiger partial charge is 0.0597 e. The lowest BCUT2D eigenvalue weighted by Gasteiger charge is -2.10. The van der Waals surface area contributed by atoms with Gasteiger partial charge in [0.25, 0.3) is 0 Å². The zero-order chi connectivity index (χ0) is 10.4.